The Morgan fingerprint density at radius 1 is 1.05 bits per heavy atom. The van der Waals surface area contributed by atoms with Crippen LogP contribution < -0.4 is 9.47 Å². The standard InChI is InChI=1S/C19H28O2/c1-4-5-6-7-8-9-14-20-17-11-10-16-12-13-19(2,3)21-18(16)15-17/h10-13,15H,4-9,14H2,1-3H3. The Bertz CT molecular complexity index is 474. The number of rotatable bonds is 8. The van der Waals surface area contributed by atoms with E-state index in [1.807, 2.05) is 12.1 Å². The zero-order valence-electron chi connectivity index (χ0n) is 13.7. The summed E-state index contributed by atoms with van der Waals surface area (Å²) >= 11 is 0. The van der Waals surface area contributed by atoms with Gasteiger partial charge < -0.3 is 9.47 Å². The molecule has 0 fully saturated rings. The SMILES string of the molecule is CCCCCCCCOc1ccc2c(c1)OC(C)(C)C=C2. The van der Waals surface area contributed by atoms with Gasteiger partial charge in [0.1, 0.15) is 17.1 Å². The molecular formula is C19H28O2. The molecule has 0 saturated heterocycles. The van der Waals surface area contributed by atoms with Crippen LogP contribution in [0.5, 0.6) is 11.5 Å². The molecule has 0 amide bonds. The van der Waals surface area contributed by atoms with Gasteiger partial charge in [0.15, 0.2) is 0 Å². The van der Waals surface area contributed by atoms with Gasteiger partial charge in [-0.2, -0.15) is 0 Å². The van der Waals surface area contributed by atoms with E-state index in [-0.39, 0.29) is 5.60 Å². The Hall–Kier alpha value is -1.44. The molecular weight excluding hydrogens is 260 g/mol. The summed E-state index contributed by atoms with van der Waals surface area (Å²) in [7, 11) is 0. The van der Waals surface area contributed by atoms with Gasteiger partial charge in [-0.3, -0.25) is 0 Å². The molecule has 0 aromatic heterocycles. The monoisotopic (exact) mass is 288 g/mol. The summed E-state index contributed by atoms with van der Waals surface area (Å²) in [5.41, 5.74) is 0.895. The van der Waals surface area contributed by atoms with Gasteiger partial charge in [-0.15, -0.1) is 0 Å². The first kappa shape index (κ1) is 15.9. The van der Waals surface area contributed by atoms with Crippen molar-refractivity contribution < 1.29 is 9.47 Å². The Morgan fingerprint density at radius 3 is 2.62 bits per heavy atom. The van der Waals surface area contributed by atoms with Crippen molar-refractivity contribution in [1.82, 2.24) is 0 Å². The van der Waals surface area contributed by atoms with Crippen molar-refractivity contribution in [3.63, 3.8) is 0 Å². The molecule has 0 saturated carbocycles. The second-order valence-electron chi connectivity index (χ2n) is 6.35. The Kier molecular flexibility index (Phi) is 5.72. The molecule has 1 aliphatic heterocycles. The maximum Gasteiger partial charge on any atom is 0.131 e. The average Bonchev–Trinajstić information content (AvgIpc) is 2.45. The molecule has 0 N–H and O–H groups in total. The highest BCUT2D eigenvalue weighted by atomic mass is 16.5. The number of ether oxygens (including phenoxy) is 2. The first-order valence-corrected chi connectivity index (χ1v) is 8.26. The van der Waals surface area contributed by atoms with E-state index in [4.69, 9.17) is 9.47 Å². The maximum atomic E-state index is 5.96. The maximum absolute atomic E-state index is 5.96. The number of unbranched alkanes of at least 4 members (excludes halogenated alkanes) is 5. The summed E-state index contributed by atoms with van der Waals surface area (Å²) in [5.74, 6) is 1.83. The van der Waals surface area contributed by atoms with Gasteiger partial charge in [0.25, 0.3) is 0 Å². The van der Waals surface area contributed by atoms with Gasteiger partial charge >= 0.3 is 0 Å². The summed E-state index contributed by atoms with van der Waals surface area (Å²) in [5, 5.41) is 0. The van der Waals surface area contributed by atoms with Crippen molar-refractivity contribution in [3.8, 4) is 11.5 Å². The quantitative estimate of drug-likeness (QED) is 0.579. The third kappa shape index (κ3) is 5.11. The highest BCUT2D eigenvalue weighted by Crippen LogP contribution is 2.33. The van der Waals surface area contributed by atoms with Crippen LogP contribution in [0.15, 0.2) is 24.3 Å². The van der Waals surface area contributed by atoms with Crippen molar-refractivity contribution in [2.75, 3.05) is 6.61 Å². The highest BCUT2D eigenvalue weighted by molar-refractivity contribution is 5.62. The van der Waals surface area contributed by atoms with Crippen LogP contribution in [-0.4, -0.2) is 12.2 Å². The molecule has 21 heavy (non-hydrogen) atoms. The lowest BCUT2D eigenvalue weighted by Gasteiger charge is -2.28. The lowest BCUT2D eigenvalue weighted by molar-refractivity contribution is 0.158. The minimum Gasteiger partial charge on any atom is -0.493 e. The Labute approximate surface area is 129 Å². The van der Waals surface area contributed by atoms with Crippen LogP contribution in [0.4, 0.5) is 0 Å². The molecule has 0 atom stereocenters. The topological polar surface area (TPSA) is 18.5 Å². The highest BCUT2D eigenvalue weighted by Gasteiger charge is 2.21. The molecule has 0 aliphatic carbocycles. The van der Waals surface area contributed by atoms with Crippen LogP contribution in [0, 0.1) is 0 Å². The van der Waals surface area contributed by atoms with Gasteiger partial charge in [0, 0.05) is 11.6 Å². The lowest BCUT2D eigenvalue weighted by Crippen LogP contribution is -2.27. The van der Waals surface area contributed by atoms with Crippen LogP contribution in [0.2, 0.25) is 0 Å². The van der Waals surface area contributed by atoms with Crippen LogP contribution in [0.3, 0.4) is 0 Å². The van der Waals surface area contributed by atoms with Crippen molar-refractivity contribution in [2.24, 2.45) is 0 Å². The fraction of sp³-hybridized carbons (Fsp3) is 0.579. The van der Waals surface area contributed by atoms with Gasteiger partial charge in [0.2, 0.25) is 0 Å². The fourth-order valence-electron chi connectivity index (χ4n) is 2.51. The third-order valence-electron chi connectivity index (χ3n) is 3.79. The average molecular weight is 288 g/mol. The summed E-state index contributed by atoms with van der Waals surface area (Å²) in [6.45, 7) is 7.18. The predicted molar refractivity (Wildman–Crippen MR) is 89.1 cm³/mol. The van der Waals surface area contributed by atoms with E-state index in [0.717, 1.165) is 30.1 Å². The Morgan fingerprint density at radius 2 is 1.81 bits per heavy atom. The molecule has 1 aromatic rings. The van der Waals surface area contributed by atoms with E-state index in [0.29, 0.717) is 0 Å². The molecule has 2 heteroatoms. The molecule has 2 rings (SSSR count). The van der Waals surface area contributed by atoms with E-state index in [2.05, 4.69) is 39.0 Å². The number of fused-ring (bicyclic) bond motifs is 1. The summed E-state index contributed by atoms with van der Waals surface area (Å²) < 4.78 is 11.8. The third-order valence-corrected chi connectivity index (χ3v) is 3.79. The fourth-order valence-corrected chi connectivity index (χ4v) is 2.51. The second kappa shape index (κ2) is 7.53. The lowest BCUT2D eigenvalue weighted by atomic mass is 10.0. The number of hydrogen-bond acceptors (Lipinski definition) is 2. The minimum atomic E-state index is -0.231. The van der Waals surface area contributed by atoms with E-state index >= 15 is 0 Å². The predicted octanol–water partition coefficient (Wildman–Crippen LogP) is 5.61. The van der Waals surface area contributed by atoms with Gasteiger partial charge in [0.05, 0.1) is 6.61 Å². The molecule has 0 spiro atoms. The van der Waals surface area contributed by atoms with Gasteiger partial charge in [-0.1, -0.05) is 45.1 Å². The summed E-state index contributed by atoms with van der Waals surface area (Å²) in [6, 6.07) is 6.11. The van der Waals surface area contributed by atoms with E-state index in [1.54, 1.807) is 0 Å². The first-order valence-electron chi connectivity index (χ1n) is 8.26. The number of hydrogen-bond donors (Lipinski definition) is 0. The zero-order valence-corrected chi connectivity index (χ0v) is 13.7. The minimum absolute atomic E-state index is 0.231. The van der Waals surface area contributed by atoms with E-state index < -0.39 is 0 Å². The van der Waals surface area contributed by atoms with Crippen molar-refractivity contribution in [2.45, 2.75) is 64.9 Å². The smallest absolute Gasteiger partial charge is 0.131 e. The molecule has 0 unspecified atom stereocenters. The van der Waals surface area contributed by atoms with Gasteiger partial charge in [-0.25, -0.2) is 0 Å². The molecule has 0 radical (unpaired) electrons. The van der Waals surface area contributed by atoms with Crippen LogP contribution in [-0.2, 0) is 0 Å². The molecule has 0 bridgehead atoms. The normalized spacial score (nSPS) is 15.4. The number of benzene rings is 1. The van der Waals surface area contributed by atoms with E-state index in [9.17, 15) is 0 Å². The van der Waals surface area contributed by atoms with Crippen molar-refractivity contribution in [3.05, 3.63) is 29.8 Å². The molecule has 1 aromatic carbocycles. The molecule has 2 nitrogen and oxygen atoms in total. The zero-order chi connectivity index (χ0) is 15.1. The second-order valence-corrected chi connectivity index (χ2v) is 6.35. The van der Waals surface area contributed by atoms with Crippen molar-refractivity contribution in [1.29, 1.82) is 0 Å². The van der Waals surface area contributed by atoms with Crippen LogP contribution in [0.25, 0.3) is 6.08 Å². The van der Waals surface area contributed by atoms with Crippen molar-refractivity contribution >= 4 is 6.08 Å². The summed E-state index contributed by atoms with van der Waals surface area (Å²) in [4.78, 5) is 0. The van der Waals surface area contributed by atoms with E-state index in [1.165, 1.54) is 32.1 Å². The van der Waals surface area contributed by atoms with Crippen LogP contribution >= 0.6 is 0 Å². The largest absolute Gasteiger partial charge is 0.493 e. The molecule has 116 valence electrons. The first-order chi connectivity index (χ1) is 10.1. The van der Waals surface area contributed by atoms with Crippen LogP contribution in [0.1, 0.15) is 64.9 Å². The van der Waals surface area contributed by atoms with Gasteiger partial charge in [-0.05, 0) is 38.5 Å². The molecule has 1 aliphatic rings. The molecule has 1 heterocycles. The Balaban J connectivity index is 1.77. The summed E-state index contributed by atoms with van der Waals surface area (Å²) in [6.07, 6.45) is 11.9.